The van der Waals surface area contributed by atoms with Gasteiger partial charge in [0.2, 0.25) is 0 Å². The zero-order valence-corrected chi connectivity index (χ0v) is 11.8. The average Bonchev–Trinajstić information content (AvgIpc) is 2.41. The van der Waals surface area contributed by atoms with Crippen molar-refractivity contribution in [3.8, 4) is 0 Å². The van der Waals surface area contributed by atoms with Gasteiger partial charge >= 0.3 is 0 Å². The predicted octanol–water partition coefficient (Wildman–Crippen LogP) is 2.47. The van der Waals surface area contributed by atoms with Crippen molar-refractivity contribution in [2.24, 2.45) is 5.73 Å². The van der Waals surface area contributed by atoms with Crippen molar-refractivity contribution in [1.29, 1.82) is 0 Å². The zero-order chi connectivity index (χ0) is 14.5. The van der Waals surface area contributed by atoms with Crippen molar-refractivity contribution < 1.29 is 13.5 Å². The second-order valence-corrected chi connectivity index (χ2v) is 5.23. The maximum absolute atomic E-state index is 13.7. The molecule has 3 nitrogen and oxygen atoms in total. The Kier molecular flexibility index (Phi) is 5.46. The maximum Gasteiger partial charge on any atom is 0.130 e. The molecule has 1 heterocycles. The third-order valence-corrected chi connectivity index (χ3v) is 3.75. The van der Waals surface area contributed by atoms with Gasteiger partial charge in [0, 0.05) is 43.9 Å². The fraction of sp³-hybridized carbons (Fsp3) is 0.600. The minimum absolute atomic E-state index is 0.329. The van der Waals surface area contributed by atoms with Gasteiger partial charge in [-0.25, -0.2) is 8.78 Å². The molecule has 2 N–H and O–H groups in total. The van der Waals surface area contributed by atoms with Crippen molar-refractivity contribution in [2.75, 3.05) is 26.2 Å². The molecule has 1 aromatic carbocycles. The Hall–Kier alpha value is -1.04. The average molecular weight is 284 g/mol. The van der Waals surface area contributed by atoms with Crippen LogP contribution in [-0.2, 0) is 4.74 Å². The molecule has 1 atom stereocenters. The van der Waals surface area contributed by atoms with Crippen LogP contribution in [0.4, 0.5) is 8.78 Å². The summed E-state index contributed by atoms with van der Waals surface area (Å²) >= 11 is 0. The van der Waals surface area contributed by atoms with Crippen molar-refractivity contribution >= 4 is 0 Å². The number of benzene rings is 1. The van der Waals surface area contributed by atoms with Gasteiger partial charge in [-0.15, -0.1) is 0 Å². The highest BCUT2D eigenvalue weighted by Crippen LogP contribution is 2.20. The lowest BCUT2D eigenvalue weighted by Crippen LogP contribution is -2.40. The maximum atomic E-state index is 13.7. The molecule has 0 aliphatic carbocycles. The van der Waals surface area contributed by atoms with E-state index in [1.807, 2.05) is 6.92 Å². The summed E-state index contributed by atoms with van der Waals surface area (Å²) in [6.07, 6.45) is 2.29. The summed E-state index contributed by atoms with van der Waals surface area (Å²) in [4.78, 5) is 2.21. The molecule has 0 spiro atoms. The second-order valence-electron chi connectivity index (χ2n) is 5.23. The highest BCUT2D eigenvalue weighted by molar-refractivity contribution is 5.22. The highest BCUT2D eigenvalue weighted by atomic mass is 19.1. The number of piperidine rings is 1. The number of hydrogen-bond acceptors (Lipinski definition) is 3. The summed E-state index contributed by atoms with van der Waals surface area (Å²) in [5, 5.41) is 0. The molecule has 1 saturated heterocycles. The van der Waals surface area contributed by atoms with Gasteiger partial charge in [-0.2, -0.15) is 0 Å². The van der Waals surface area contributed by atoms with Crippen molar-refractivity contribution in [1.82, 2.24) is 4.90 Å². The van der Waals surface area contributed by atoms with Crippen LogP contribution in [0.3, 0.4) is 0 Å². The molecule has 1 aliphatic heterocycles. The normalized spacial score (nSPS) is 19.2. The third kappa shape index (κ3) is 3.98. The Balaban J connectivity index is 1.87. The number of nitrogens with zero attached hydrogens (tertiary/aromatic N) is 1. The van der Waals surface area contributed by atoms with E-state index in [4.69, 9.17) is 10.5 Å². The van der Waals surface area contributed by atoms with E-state index in [0.29, 0.717) is 18.2 Å². The summed E-state index contributed by atoms with van der Waals surface area (Å²) < 4.78 is 32.1. The molecule has 112 valence electrons. The Morgan fingerprint density at radius 2 is 2.05 bits per heavy atom. The molecule has 1 aromatic rings. The number of rotatable bonds is 5. The minimum Gasteiger partial charge on any atom is -0.378 e. The van der Waals surface area contributed by atoms with Gasteiger partial charge < -0.3 is 15.4 Å². The van der Waals surface area contributed by atoms with Gasteiger partial charge in [-0.05, 0) is 25.8 Å². The van der Waals surface area contributed by atoms with Crippen LogP contribution in [0, 0.1) is 11.6 Å². The van der Waals surface area contributed by atoms with Crippen LogP contribution >= 0.6 is 0 Å². The first kappa shape index (κ1) is 15.4. The molecular formula is C15H22F2N2O. The molecule has 0 saturated carbocycles. The second kappa shape index (κ2) is 7.11. The van der Waals surface area contributed by atoms with Gasteiger partial charge in [0.05, 0.1) is 6.10 Å². The standard InChI is InChI=1S/C15H22F2N2O/c1-2-20-12-5-7-19(8-6-12)10-15(18)13-4-3-11(16)9-14(13)17/h3-4,9,12,15H,2,5-8,10,18H2,1H3. The van der Waals surface area contributed by atoms with Gasteiger partial charge in [0.1, 0.15) is 11.6 Å². The summed E-state index contributed by atoms with van der Waals surface area (Å²) in [7, 11) is 0. The Morgan fingerprint density at radius 3 is 2.65 bits per heavy atom. The lowest BCUT2D eigenvalue weighted by Gasteiger charge is -2.33. The molecule has 2 rings (SSSR count). The van der Waals surface area contributed by atoms with Crippen molar-refractivity contribution in [2.45, 2.75) is 31.9 Å². The van der Waals surface area contributed by atoms with E-state index in [0.717, 1.165) is 38.6 Å². The molecule has 0 aromatic heterocycles. The summed E-state index contributed by atoms with van der Waals surface area (Å²) in [5.74, 6) is -1.14. The quantitative estimate of drug-likeness (QED) is 0.902. The topological polar surface area (TPSA) is 38.5 Å². The number of ether oxygens (including phenoxy) is 1. The third-order valence-electron chi connectivity index (χ3n) is 3.75. The van der Waals surface area contributed by atoms with Gasteiger partial charge in [-0.1, -0.05) is 6.07 Å². The Morgan fingerprint density at radius 1 is 1.35 bits per heavy atom. The van der Waals surface area contributed by atoms with E-state index in [-0.39, 0.29) is 0 Å². The molecular weight excluding hydrogens is 262 g/mol. The Labute approximate surface area is 118 Å². The number of nitrogens with two attached hydrogens (primary N) is 1. The van der Waals surface area contributed by atoms with E-state index in [1.54, 1.807) is 0 Å². The van der Waals surface area contributed by atoms with Crippen molar-refractivity contribution in [3.05, 3.63) is 35.4 Å². The SMILES string of the molecule is CCOC1CCN(CC(N)c2ccc(F)cc2F)CC1. The monoisotopic (exact) mass is 284 g/mol. The fourth-order valence-electron chi connectivity index (χ4n) is 2.67. The van der Waals surface area contributed by atoms with Crippen LogP contribution in [0.25, 0.3) is 0 Å². The summed E-state index contributed by atoms with van der Waals surface area (Å²) in [6.45, 7) is 5.13. The van der Waals surface area contributed by atoms with Crippen molar-refractivity contribution in [3.63, 3.8) is 0 Å². The Bertz CT molecular complexity index is 434. The molecule has 5 heteroatoms. The number of likely N-dealkylation sites (tertiary alicyclic amines) is 1. The molecule has 0 bridgehead atoms. The predicted molar refractivity (Wildman–Crippen MR) is 74.4 cm³/mol. The first-order valence-corrected chi connectivity index (χ1v) is 7.14. The van der Waals surface area contributed by atoms with Crippen LogP contribution < -0.4 is 5.73 Å². The first-order valence-electron chi connectivity index (χ1n) is 7.14. The number of halogens is 2. The van der Waals surface area contributed by atoms with Crippen LogP contribution in [0.2, 0.25) is 0 Å². The molecule has 0 radical (unpaired) electrons. The smallest absolute Gasteiger partial charge is 0.130 e. The van der Waals surface area contributed by atoms with Crippen LogP contribution in [0.5, 0.6) is 0 Å². The lowest BCUT2D eigenvalue weighted by atomic mass is 10.0. The lowest BCUT2D eigenvalue weighted by molar-refractivity contribution is 0.0130. The molecule has 0 amide bonds. The molecule has 20 heavy (non-hydrogen) atoms. The van der Waals surface area contributed by atoms with Gasteiger partial charge in [0.15, 0.2) is 0 Å². The fourth-order valence-corrected chi connectivity index (χ4v) is 2.67. The molecule has 1 aliphatic rings. The highest BCUT2D eigenvalue weighted by Gasteiger charge is 2.22. The molecule has 1 unspecified atom stereocenters. The number of hydrogen-bond donors (Lipinski definition) is 1. The van der Waals surface area contributed by atoms with E-state index in [1.165, 1.54) is 12.1 Å². The van der Waals surface area contributed by atoms with Crippen LogP contribution in [-0.4, -0.2) is 37.2 Å². The van der Waals surface area contributed by atoms with Gasteiger partial charge in [0.25, 0.3) is 0 Å². The summed E-state index contributed by atoms with van der Waals surface area (Å²) in [6, 6.07) is 3.14. The first-order chi connectivity index (χ1) is 9.60. The van der Waals surface area contributed by atoms with Crippen LogP contribution in [0.15, 0.2) is 18.2 Å². The largest absolute Gasteiger partial charge is 0.378 e. The minimum atomic E-state index is -0.573. The van der Waals surface area contributed by atoms with E-state index >= 15 is 0 Å². The van der Waals surface area contributed by atoms with E-state index in [2.05, 4.69) is 4.90 Å². The molecule has 1 fully saturated rings. The summed E-state index contributed by atoms with van der Waals surface area (Å²) in [5.41, 5.74) is 6.41. The van der Waals surface area contributed by atoms with Gasteiger partial charge in [-0.3, -0.25) is 0 Å². The van der Waals surface area contributed by atoms with E-state index < -0.39 is 17.7 Å². The van der Waals surface area contributed by atoms with Crippen LogP contribution in [0.1, 0.15) is 31.4 Å². The van der Waals surface area contributed by atoms with E-state index in [9.17, 15) is 8.78 Å². The zero-order valence-electron chi connectivity index (χ0n) is 11.8.